The molecular weight excluding hydrogens is 204 g/mol. The first-order chi connectivity index (χ1) is 7.52. The Morgan fingerprint density at radius 2 is 2.25 bits per heavy atom. The molecule has 1 saturated heterocycles. The number of aromatic nitrogens is 2. The number of nitrogens with zero attached hydrogens (tertiary/aromatic N) is 3. The van der Waals surface area contributed by atoms with E-state index in [2.05, 4.69) is 5.10 Å². The molecule has 5 nitrogen and oxygen atoms in total. The number of hydrogen-bond acceptors (Lipinski definition) is 3. The van der Waals surface area contributed by atoms with Gasteiger partial charge in [-0.1, -0.05) is 0 Å². The Labute approximate surface area is 95.2 Å². The minimum atomic E-state index is -0.134. The summed E-state index contributed by atoms with van der Waals surface area (Å²) in [4.78, 5) is 13.7. The molecule has 1 amide bonds. The summed E-state index contributed by atoms with van der Waals surface area (Å²) >= 11 is 0. The molecule has 1 fully saturated rings. The second-order valence-corrected chi connectivity index (χ2v) is 4.59. The molecule has 2 heterocycles. The Balaban J connectivity index is 2.38. The summed E-state index contributed by atoms with van der Waals surface area (Å²) in [5.74, 6) is 0.133. The third-order valence-corrected chi connectivity index (χ3v) is 3.12. The van der Waals surface area contributed by atoms with Crippen molar-refractivity contribution in [2.24, 2.45) is 12.8 Å². The Bertz CT molecular complexity index is 398. The molecule has 88 valence electrons. The molecule has 0 radical (unpaired) electrons. The van der Waals surface area contributed by atoms with Crippen molar-refractivity contribution >= 4 is 5.91 Å². The molecule has 2 atom stereocenters. The monoisotopic (exact) mass is 222 g/mol. The van der Waals surface area contributed by atoms with Crippen LogP contribution in [0.1, 0.15) is 32.0 Å². The molecule has 1 aromatic rings. The fourth-order valence-corrected chi connectivity index (χ4v) is 2.43. The van der Waals surface area contributed by atoms with Gasteiger partial charge in [-0.05, 0) is 19.9 Å². The van der Waals surface area contributed by atoms with E-state index >= 15 is 0 Å². The molecule has 0 saturated carbocycles. The summed E-state index contributed by atoms with van der Waals surface area (Å²) in [6, 6.07) is 1.92. The highest BCUT2D eigenvalue weighted by Crippen LogP contribution is 2.33. The zero-order valence-corrected chi connectivity index (χ0v) is 9.92. The molecular formula is C11H18N4O. The largest absolute Gasteiger partial charge is 0.330 e. The SMILES string of the molecule is CC(C)N1C(=O)CC(N)C1c1ccnn1C. The zero-order chi connectivity index (χ0) is 11.9. The summed E-state index contributed by atoms with van der Waals surface area (Å²) in [6.45, 7) is 4.03. The minimum Gasteiger partial charge on any atom is -0.330 e. The lowest BCUT2D eigenvalue weighted by molar-refractivity contribution is -0.130. The van der Waals surface area contributed by atoms with Crippen LogP contribution in [-0.4, -0.2) is 32.7 Å². The number of carbonyl (C=O) groups is 1. The third kappa shape index (κ3) is 1.61. The van der Waals surface area contributed by atoms with Gasteiger partial charge in [-0.25, -0.2) is 0 Å². The fourth-order valence-electron chi connectivity index (χ4n) is 2.43. The number of carbonyl (C=O) groups excluding carboxylic acids is 1. The molecule has 0 aromatic carbocycles. The highest BCUT2D eigenvalue weighted by Gasteiger charge is 2.41. The Morgan fingerprint density at radius 1 is 1.56 bits per heavy atom. The lowest BCUT2D eigenvalue weighted by atomic mass is 10.1. The van der Waals surface area contributed by atoms with E-state index in [1.807, 2.05) is 31.9 Å². The predicted molar refractivity (Wildman–Crippen MR) is 60.5 cm³/mol. The molecule has 1 aliphatic rings. The van der Waals surface area contributed by atoms with Gasteiger partial charge < -0.3 is 10.6 Å². The predicted octanol–water partition coefficient (Wildman–Crippen LogP) is 0.429. The molecule has 1 aromatic heterocycles. The molecule has 0 bridgehead atoms. The molecule has 0 spiro atoms. The highest BCUT2D eigenvalue weighted by molar-refractivity contribution is 5.80. The number of aryl methyl sites for hydroxylation is 1. The summed E-state index contributed by atoms with van der Waals surface area (Å²) in [5.41, 5.74) is 7.06. The Morgan fingerprint density at radius 3 is 2.75 bits per heavy atom. The second-order valence-electron chi connectivity index (χ2n) is 4.59. The normalized spacial score (nSPS) is 25.8. The molecule has 5 heteroatoms. The highest BCUT2D eigenvalue weighted by atomic mass is 16.2. The van der Waals surface area contributed by atoms with Gasteiger partial charge in [0, 0.05) is 31.7 Å². The van der Waals surface area contributed by atoms with Gasteiger partial charge in [-0.2, -0.15) is 5.10 Å². The standard InChI is InChI=1S/C11H18N4O/c1-7(2)15-10(16)6-8(12)11(15)9-4-5-13-14(9)3/h4-5,7-8,11H,6,12H2,1-3H3. The van der Waals surface area contributed by atoms with E-state index < -0.39 is 0 Å². The molecule has 0 aliphatic carbocycles. The van der Waals surface area contributed by atoms with Crippen LogP contribution in [0.25, 0.3) is 0 Å². The summed E-state index contributed by atoms with van der Waals surface area (Å²) < 4.78 is 1.79. The van der Waals surface area contributed by atoms with Crippen LogP contribution < -0.4 is 5.73 Å². The van der Waals surface area contributed by atoms with E-state index in [1.54, 1.807) is 10.9 Å². The van der Waals surface area contributed by atoms with E-state index in [4.69, 9.17) is 5.73 Å². The maximum atomic E-state index is 11.9. The second kappa shape index (κ2) is 3.90. The number of rotatable bonds is 2. The average molecular weight is 222 g/mol. The van der Waals surface area contributed by atoms with Crippen molar-refractivity contribution in [2.75, 3.05) is 0 Å². The van der Waals surface area contributed by atoms with Crippen LogP contribution in [0.4, 0.5) is 0 Å². The lowest BCUT2D eigenvalue weighted by Gasteiger charge is -2.30. The maximum Gasteiger partial charge on any atom is 0.225 e. The van der Waals surface area contributed by atoms with Gasteiger partial charge in [0.1, 0.15) is 0 Å². The molecule has 1 aliphatic heterocycles. The van der Waals surface area contributed by atoms with Crippen LogP contribution in [-0.2, 0) is 11.8 Å². The van der Waals surface area contributed by atoms with Crippen molar-refractivity contribution in [3.63, 3.8) is 0 Å². The van der Waals surface area contributed by atoms with Gasteiger partial charge in [0.15, 0.2) is 0 Å². The van der Waals surface area contributed by atoms with Crippen LogP contribution in [0, 0.1) is 0 Å². The van der Waals surface area contributed by atoms with Crippen molar-refractivity contribution in [2.45, 2.75) is 38.4 Å². The molecule has 2 unspecified atom stereocenters. The average Bonchev–Trinajstić information content (AvgIpc) is 2.69. The smallest absolute Gasteiger partial charge is 0.225 e. The van der Waals surface area contributed by atoms with Crippen LogP contribution in [0.15, 0.2) is 12.3 Å². The van der Waals surface area contributed by atoms with Crippen molar-refractivity contribution in [3.8, 4) is 0 Å². The Kier molecular flexibility index (Phi) is 2.71. The van der Waals surface area contributed by atoms with E-state index in [-0.39, 0.29) is 24.0 Å². The van der Waals surface area contributed by atoms with E-state index in [0.717, 1.165) is 5.69 Å². The van der Waals surface area contributed by atoms with Crippen molar-refractivity contribution in [1.29, 1.82) is 0 Å². The number of likely N-dealkylation sites (tertiary alicyclic amines) is 1. The summed E-state index contributed by atoms with van der Waals surface area (Å²) in [6.07, 6.45) is 2.16. The van der Waals surface area contributed by atoms with Crippen LogP contribution in [0.5, 0.6) is 0 Å². The maximum absolute atomic E-state index is 11.9. The molecule has 16 heavy (non-hydrogen) atoms. The van der Waals surface area contributed by atoms with Gasteiger partial charge in [-0.15, -0.1) is 0 Å². The van der Waals surface area contributed by atoms with E-state index in [9.17, 15) is 4.79 Å². The minimum absolute atomic E-state index is 0.0417. The van der Waals surface area contributed by atoms with Gasteiger partial charge in [0.25, 0.3) is 0 Å². The quantitative estimate of drug-likeness (QED) is 0.789. The van der Waals surface area contributed by atoms with Gasteiger partial charge in [0.05, 0.1) is 11.7 Å². The van der Waals surface area contributed by atoms with E-state index in [0.29, 0.717) is 6.42 Å². The molecule has 2 rings (SSSR count). The third-order valence-electron chi connectivity index (χ3n) is 3.12. The number of hydrogen-bond donors (Lipinski definition) is 1. The van der Waals surface area contributed by atoms with Gasteiger partial charge in [-0.3, -0.25) is 9.48 Å². The first-order valence-electron chi connectivity index (χ1n) is 5.57. The molecule has 2 N–H and O–H groups in total. The number of amides is 1. The van der Waals surface area contributed by atoms with E-state index in [1.165, 1.54) is 0 Å². The lowest BCUT2D eigenvalue weighted by Crippen LogP contribution is -2.38. The van der Waals surface area contributed by atoms with Gasteiger partial charge in [0.2, 0.25) is 5.91 Å². The van der Waals surface area contributed by atoms with Crippen LogP contribution in [0.2, 0.25) is 0 Å². The van der Waals surface area contributed by atoms with Gasteiger partial charge >= 0.3 is 0 Å². The zero-order valence-electron chi connectivity index (χ0n) is 9.92. The number of nitrogens with two attached hydrogens (primary N) is 1. The van der Waals surface area contributed by atoms with Crippen molar-refractivity contribution < 1.29 is 4.79 Å². The van der Waals surface area contributed by atoms with Crippen LogP contribution in [0.3, 0.4) is 0 Å². The summed E-state index contributed by atoms with van der Waals surface area (Å²) in [5, 5.41) is 4.14. The Hall–Kier alpha value is -1.36. The van der Waals surface area contributed by atoms with Crippen LogP contribution >= 0.6 is 0 Å². The first-order valence-corrected chi connectivity index (χ1v) is 5.57. The van der Waals surface area contributed by atoms with Crippen molar-refractivity contribution in [1.82, 2.24) is 14.7 Å². The fraction of sp³-hybridized carbons (Fsp3) is 0.636. The first kappa shape index (κ1) is 11.1. The summed E-state index contributed by atoms with van der Waals surface area (Å²) in [7, 11) is 1.88. The van der Waals surface area contributed by atoms with Crippen molar-refractivity contribution in [3.05, 3.63) is 18.0 Å². The topological polar surface area (TPSA) is 64.2 Å².